The summed E-state index contributed by atoms with van der Waals surface area (Å²) in [5.74, 6) is -1.07. The van der Waals surface area contributed by atoms with Gasteiger partial charge in [0.05, 0.1) is 24.8 Å². The molecule has 4 rings (SSSR count). The highest BCUT2D eigenvalue weighted by molar-refractivity contribution is 7.92. The average Bonchev–Trinajstić information content (AvgIpc) is 3.09. The summed E-state index contributed by atoms with van der Waals surface area (Å²) in [6, 6.07) is 24.7. The van der Waals surface area contributed by atoms with Crippen LogP contribution >= 0.6 is 0 Å². The molecule has 0 saturated heterocycles. The summed E-state index contributed by atoms with van der Waals surface area (Å²) in [6.45, 7) is 4.65. The Labute approximate surface area is 282 Å². The van der Waals surface area contributed by atoms with Crippen LogP contribution < -0.4 is 19.1 Å². The van der Waals surface area contributed by atoms with E-state index < -0.39 is 40.2 Å². The summed E-state index contributed by atoms with van der Waals surface area (Å²) in [5.41, 5.74) is 1.95. The minimum atomic E-state index is -4.34. The molecule has 0 aromatic heterocycles. The van der Waals surface area contributed by atoms with Gasteiger partial charge in [-0.25, -0.2) is 12.8 Å². The maximum atomic E-state index is 15.1. The van der Waals surface area contributed by atoms with Gasteiger partial charge in [-0.2, -0.15) is 0 Å². The van der Waals surface area contributed by atoms with Crippen molar-refractivity contribution in [2.45, 2.75) is 57.1 Å². The summed E-state index contributed by atoms with van der Waals surface area (Å²) < 4.78 is 55.5. The van der Waals surface area contributed by atoms with Crippen LogP contribution in [-0.4, -0.2) is 58.0 Å². The molecule has 0 aliphatic heterocycles. The van der Waals surface area contributed by atoms with Gasteiger partial charge in [0.2, 0.25) is 11.8 Å². The summed E-state index contributed by atoms with van der Waals surface area (Å²) in [7, 11) is -1.46. The first-order valence-electron chi connectivity index (χ1n) is 15.7. The molecule has 0 aliphatic carbocycles. The minimum Gasteiger partial charge on any atom is -0.493 e. The largest absolute Gasteiger partial charge is 0.493 e. The van der Waals surface area contributed by atoms with Crippen LogP contribution in [0.2, 0.25) is 0 Å². The molecule has 0 spiro atoms. The number of carbonyl (C=O) groups excluding carboxylic acids is 2. The second-order valence-corrected chi connectivity index (χ2v) is 13.4. The third-order valence-corrected chi connectivity index (χ3v) is 9.90. The maximum absolute atomic E-state index is 15.1. The molecular weight excluding hydrogens is 633 g/mol. The average molecular weight is 676 g/mol. The molecule has 254 valence electrons. The van der Waals surface area contributed by atoms with E-state index in [1.165, 1.54) is 61.6 Å². The van der Waals surface area contributed by atoms with Gasteiger partial charge in [0.1, 0.15) is 18.4 Å². The number of aryl methyl sites for hydroxylation is 1. The zero-order valence-electron chi connectivity index (χ0n) is 27.9. The Bertz CT molecular complexity index is 1800. The van der Waals surface area contributed by atoms with Gasteiger partial charge in [0.25, 0.3) is 10.0 Å². The lowest BCUT2D eigenvalue weighted by Gasteiger charge is -2.34. The summed E-state index contributed by atoms with van der Waals surface area (Å²) in [4.78, 5) is 29.8. The van der Waals surface area contributed by atoms with Crippen molar-refractivity contribution >= 4 is 27.5 Å². The van der Waals surface area contributed by atoms with E-state index in [2.05, 4.69) is 5.32 Å². The van der Waals surface area contributed by atoms with E-state index in [0.29, 0.717) is 12.2 Å². The SMILES string of the molecule is CCC(C)NC(=O)C(Cc1ccccc1)N(Cc1ccccc1F)C(=O)CN(c1ccc(OC)c(OC)c1)S(=O)(=O)c1ccc(C)cc1. The summed E-state index contributed by atoms with van der Waals surface area (Å²) >= 11 is 0. The minimum absolute atomic E-state index is 0.0355. The maximum Gasteiger partial charge on any atom is 0.264 e. The monoisotopic (exact) mass is 675 g/mol. The smallest absolute Gasteiger partial charge is 0.264 e. The van der Waals surface area contributed by atoms with E-state index in [0.717, 1.165) is 15.4 Å². The van der Waals surface area contributed by atoms with Crippen LogP contribution in [0.25, 0.3) is 0 Å². The van der Waals surface area contributed by atoms with E-state index >= 15 is 4.39 Å². The standard InChI is InChI=1S/C37H42FN3O6S/c1-6-27(3)39-37(43)33(22-28-12-8-7-9-13-28)40(24-29-14-10-11-15-32(29)38)36(42)25-41(30-18-21-34(46-4)35(23-30)47-5)48(44,45)31-19-16-26(2)17-20-31/h7-21,23,27,33H,6,22,24-25H2,1-5H3,(H,39,43). The van der Waals surface area contributed by atoms with Gasteiger partial charge in [-0.05, 0) is 56.2 Å². The van der Waals surface area contributed by atoms with Crippen LogP contribution in [-0.2, 0) is 32.6 Å². The number of nitrogens with zero attached hydrogens (tertiary/aromatic N) is 2. The van der Waals surface area contributed by atoms with Gasteiger partial charge < -0.3 is 19.7 Å². The molecule has 48 heavy (non-hydrogen) atoms. The lowest BCUT2D eigenvalue weighted by atomic mass is 10.0. The number of nitrogens with one attached hydrogen (secondary N) is 1. The van der Waals surface area contributed by atoms with Crippen molar-refractivity contribution < 1.29 is 31.9 Å². The first-order valence-corrected chi connectivity index (χ1v) is 17.1. The number of hydrogen-bond acceptors (Lipinski definition) is 6. The van der Waals surface area contributed by atoms with Crippen LogP contribution in [0.5, 0.6) is 11.5 Å². The number of ether oxygens (including phenoxy) is 2. The van der Waals surface area contributed by atoms with Crippen LogP contribution in [0.1, 0.15) is 37.0 Å². The first kappa shape index (κ1) is 35.9. The molecule has 1 N–H and O–H groups in total. The van der Waals surface area contributed by atoms with E-state index in [1.807, 2.05) is 51.1 Å². The highest BCUT2D eigenvalue weighted by Gasteiger charge is 2.35. The third kappa shape index (κ3) is 8.71. The second kappa shape index (κ2) is 16.3. The predicted molar refractivity (Wildman–Crippen MR) is 184 cm³/mol. The Balaban J connectivity index is 1.86. The Kier molecular flexibility index (Phi) is 12.2. The summed E-state index contributed by atoms with van der Waals surface area (Å²) in [5, 5.41) is 2.97. The topological polar surface area (TPSA) is 105 Å². The van der Waals surface area contributed by atoms with Gasteiger partial charge in [0.15, 0.2) is 11.5 Å². The second-order valence-electron chi connectivity index (χ2n) is 11.5. The van der Waals surface area contributed by atoms with Crippen molar-refractivity contribution in [3.05, 3.63) is 120 Å². The number of hydrogen-bond donors (Lipinski definition) is 1. The van der Waals surface area contributed by atoms with Crippen LogP contribution in [0.3, 0.4) is 0 Å². The van der Waals surface area contributed by atoms with Crippen molar-refractivity contribution in [2.75, 3.05) is 25.1 Å². The number of halogens is 1. The Morgan fingerprint density at radius 2 is 1.52 bits per heavy atom. The number of sulfonamides is 1. The van der Waals surface area contributed by atoms with Crippen molar-refractivity contribution in [1.82, 2.24) is 10.2 Å². The number of benzene rings is 4. The van der Waals surface area contributed by atoms with Crippen molar-refractivity contribution in [2.24, 2.45) is 0 Å². The first-order chi connectivity index (χ1) is 23.0. The van der Waals surface area contributed by atoms with Gasteiger partial charge in [0, 0.05) is 30.6 Å². The van der Waals surface area contributed by atoms with Gasteiger partial charge in [-0.1, -0.05) is 73.2 Å². The zero-order chi connectivity index (χ0) is 34.8. The molecular formula is C37H42FN3O6S. The van der Waals surface area contributed by atoms with E-state index in [-0.39, 0.29) is 40.9 Å². The Hall–Kier alpha value is -4.90. The third-order valence-electron chi connectivity index (χ3n) is 8.11. The molecule has 0 fully saturated rings. The van der Waals surface area contributed by atoms with E-state index in [4.69, 9.17) is 9.47 Å². The van der Waals surface area contributed by atoms with Gasteiger partial charge in [-0.15, -0.1) is 0 Å². The molecule has 0 radical (unpaired) electrons. The molecule has 0 aliphatic rings. The molecule has 2 unspecified atom stereocenters. The lowest BCUT2D eigenvalue weighted by Crippen LogP contribution is -2.54. The number of rotatable bonds is 15. The Morgan fingerprint density at radius 1 is 0.875 bits per heavy atom. The van der Waals surface area contributed by atoms with Crippen molar-refractivity contribution in [1.29, 1.82) is 0 Å². The van der Waals surface area contributed by atoms with Crippen LogP contribution in [0.4, 0.5) is 10.1 Å². The molecule has 4 aromatic rings. The zero-order valence-corrected chi connectivity index (χ0v) is 28.7. The molecule has 0 saturated carbocycles. The fraction of sp³-hybridized carbons (Fsp3) is 0.297. The number of anilines is 1. The molecule has 2 atom stereocenters. The van der Waals surface area contributed by atoms with Crippen molar-refractivity contribution in [3.8, 4) is 11.5 Å². The highest BCUT2D eigenvalue weighted by atomic mass is 32.2. The molecule has 11 heteroatoms. The number of carbonyl (C=O) groups is 2. The lowest BCUT2D eigenvalue weighted by molar-refractivity contribution is -0.140. The fourth-order valence-corrected chi connectivity index (χ4v) is 6.56. The predicted octanol–water partition coefficient (Wildman–Crippen LogP) is 5.90. The van der Waals surface area contributed by atoms with Crippen LogP contribution in [0.15, 0.2) is 102 Å². The number of methoxy groups -OCH3 is 2. The molecule has 2 amide bonds. The van der Waals surface area contributed by atoms with Gasteiger partial charge >= 0.3 is 0 Å². The molecule has 4 aromatic carbocycles. The number of amides is 2. The molecule has 9 nitrogen and oxygen atoms in total. The van der Waals surface area contributed by atoms with Gasteiger partial charge in [-0.3, -0.25) is 13.9 Å². The van der Waals surface area contributed by atoms with Crippen molar-refractivity contribution in [3.63, 3.8) is 0 Å². The summed E-state index contributed by atoms with van der Waals surface area (Å²) in [6.07, 6.45) is 0.761. The highest BCUT2D eigenvalue weighted by Crippen LogP contribution is 2.34. The van der Waals surface area contributed by atoms with Crippen LogP contribution in [0, 0.1) is 12.7 Å². The normalized spacial score (nSPS) is 12.5. The quantitative estimate of drug-likeness (QED) is 0.168. The molecule has 0 heterocycles. The van der Waals surface area contributed by atoms with E-state index in [9.17, 15) is 18.0 Å². The molecule has 0 bridgehead atoms. The van der Waals surface area contributed by atoms with E-state index in [1.54, 1.807) is 24.3 Å². The fourth-order valence-electron chi connectivity index (χ4n) is 5.15. The Morgan fingerprint density at radius 3 is 2.15 bits per heavy atom.